The standard InChI is InChI=1S/C16H28N4O2/c1-5-14(21)11-18-7-9-19(10-8-18)16(22)15-12(3)17-20(6-2)13(15)4/h14,21H,5-11H2,1-4H3/t14-/m1/s1. The summed E-state index contributed by atoms with van der Waals surface area (Å²) in [5.74, 6) is 0.0883. The van der Waals surface area contributed by atoms with Crippen LogP contribution in [0.1, 0.15) is 42.0 Å². The largest absolute Gasteiger partial charge is 0.392 e. The van der Waals surface area contributed by atoms with Crippen molar-refractivity contribution >= 4 is 5.91 Å². The molecule has 1 atom stereocenters. The molecule has 1 aliphatic heterocycles. The summed E-state index contributed by atoms with van der Waals surface area (Å²) in [7, 11) is 0. The van der Waals surface area contributed by atoms with Crippen LogP contribution in [0.4, 0.5) is 0 Å². The Balaban J connectivity index is 2.00. The first-order valence-electron chi connectivity index (χ1n) is 8.21. The Kier molecular flexibility index (Phi) is 5.58. The van der Waals surface area contributed by atoms with E-state index < -0.39 is 0 Å². The van der Waals surface area contributed by atoms with Crippen molar-refractivity contribution in [3.63, 3.8) is 0 Å². The van der Waals surface area contributed by atoms with Gasteiger partial charge < -0.3 is 10.0 Å². The highest BCUT2D eigenvalue weighted by atomic mass is 16.3. The molecule has 2 heterocycles. The van der Waals surface area contributed by atoms with Crippen molar-refractivity contribution in [2.24, 2.45) is 0 Å². The minimum Gasteiger partial charge on any atom is -0.392 e. The first kappa shape index (κ1) is 17.0. The molecule has 0 bridgehead atoms. The molecule has 1 saturated heterocycles. The van der Waals surface area contributed by atoms with Crippen LogP contribution in [0.25, 0.3) is 0 Å². The van der Waals surface area contributed by atoms with Crippen molar-refractivity contribution in [1.29, 1.82) is 0 Å². The zero-order valence-corrected chi connectivity index (χ0v) is 14.2. The smallest absolute Gasteiger partial charge is 0.257 e. The molecule has 0 saturated carbocycles. The molecule has 1 amide bonds. The van der Waals surface area contributed by atoms with Gasteiger partial charge in [0.05, 0.1) is 17.4 Å². The SMILES string of the molecule is CC[C@@H](O)CN1CCN(C(=O)c2c(C)nn(CC)c2C)CC1. The van der Waals surface area contributed by atoms with Gasteiger partial charge in [-0.05, 0) is 27.2 Å². The summed E-state index contributed by atoms with van der Waals surface area (Å²) >= 11 is 0. The normalized spacial score (nSPS) is 17.8. The van der Waals surface area contributed by atoms with E-state index in [1.165, 1.54) is 0 Å². The Bertz CT molecular complexity index is 518. The molecule has 6 heteroatoms. The van der Waals surface area contributed by atoms with Gasteiger partial charge in [-0.15, -0.1) is 0 Å². The molecule has 1 aromatic heterocycles. The number of aliphatic hydroxyl groups excluding tert-OH is 1. The van der Waals surface area contributed by atoms with E-state index in [-0.39, 0.29) is 12.0 Å². The van der Waals surface area contributed by atoms with Crippen LogP contribution in [0.15, 0.2) is 0 Å². The van der Waals surface area contributed by atoms with Crippen LogP contribution in [0.3, 0.4) is 0 Å². The Labute approximate surface area is 132 Å². The minimum absolute atomic E-state index is 0.0883. The van der Waals surface area contributed by atoms with E-state index in [0.29, 0.717) is 19.6 Å². The molecule has 1 aliphatic rings. The van der Waals surface area contributed by atoms with Crippen LogP contribution < -0.4 is 0 Å². The monoisotopic (exact) mass is 308 g/mol. The molecule has 0 aromatic carbocycles. The van der Waals surface area contributed by atoms with Crippen LogP contribution in [0.2, 0.25) is 0 Å². The van der Waals surface area contributed by atoms with Crippen molar-refractivity contribution in [3.05, 3.63) is 17.0 Å². The van der Waals surface area contributed by atoms with Crippen LogP contribution in [-0.4, -0.2) is 69.4 Å². The maximum absolute atomic E-state index is 12.8. The van der Waals surface area contributed by atoms with Crippen molar-refractivity contribution in [3.8, 4) is 0 Å². The second-order valence-electron chi connectivity index (χ2n) is 6.02. The number of aromatic nitrogens is 2. The molecule has 0 radical (unpaired) electrons. The maximum atomic E-state index is 12.8. The molecular formula is C16H28N4O2. The number of β-amino-alcohol motifs (C(OH)–C–C–N with tert-alkyl or cyclic N) is 1. The molecule has 1 fully saturated rings. The molecule has 124 valence electrons. The quantitative estimate of drug-likeness (QED) is 0.883. The number of amides is 1. The Morgan fingerprint density at radius 3 is 2.36 bits per heavy atom. The predicted molar refractivity (Wildman–Crippen MR) is 86.0 cm³/mol. The number of aliphatic hydroxyl groups is 1. The van der Waals surface area contributed by atoms with Crippen LogP contribution in [-0.2, 0) is 6.54 Å². The summed E-state index contributed by atoms with van der Waals surface area (Å²) < 4.78 is 1.89. The van der Waals surface area contributed by atoms with Crippen molar-refractivity contribution in [2.45, 2.75) is 46.8 Å². The summed E-state index contributed by atoms with van der Waals surface area (Å²) in [4.78, 5) is 16.9. The lowest BCUT2D eigenvalue weighted by atomic mass is 10.1. The van der Waals surface area contributed by atoms with Gasteiger partial charge in [0.25, 0.3) is 5.91 Å². The highest BCUT2D eigenvalue weighted by Gasteiger charge is 2.27. The fraction of sp³-hybridized carbons (Fsp3) is 0.750. The van der Waals surface area contributed by atoms with Crippen LogP contribution in [0.5, 0.6) is 0 Å². The van der Waals surface area contributed by atoms with Gasteiger partial charge in [0.15, 0.2) is 0 Å². The van der Waals surface area contributed by atoms with Crippen LogP contribution in [0, 0.1) is 13.8 Å². The lowest BCUT2D eigenvalue weighted by molar-refractivity contribution is 0.0522. The number of aryl methyl sites for hydroxylation is 2. The second-order valence-corrected chi connectivity index (χ2v) is 6.02. The molecule has 1 N–H and O–H groups in total. The zero-order valence-electron chi connectivity index (χ0n) is 14.2. The average Bonchev–Trinajstić information content (AvgIpc) is 2.81. The molecule has 0 spiro atoms. The predicted octanol–water partition coefficient (Wildman–Crippen LogP) is 1.05. The summed E-state index contributed by atoms with van der Waals surface area (Å²) in [5, 5.41) is 14.2. The Morgan fingerprint density at radius 1 is 1.23 bits per heavy atom. The van der Waals surface area contributed by atoms with E-state index in [1.807, 2.05) is 37.3 Å². The number of carbonyl (C=O) groups excluding carboxylic acids is 1. The summed E-state index contributed by atoms with van der Waals surface area (Å²) in [6.07, 6.45) is 0.503. The Morgan fingerprint density at radius 2 is 1.86 bits per heavy atom. The highest BCUT2D eigenvalue weighted by Crippen LogP contribution is 2.17. The number of hydrogen-bond donors (Lipinski definition) is 1. The summed E-state index contributed by atoms with van der Waals surface area (Å²) in [6, 6.07) is 0. The fourth-order valence-corrected chi connectivity index (χ4v) is 3.03. The highest BCUT2D eigenvalue weighted by molar-refractivity contribution is 5.96. The van der Waals surface area contributed by atoms with Crippen molar-refractivity contribution in [1.82, 2.24) is 19.6 Å². The third-order valence-electron chi connectivity index (χ3n) is 4.49. The maximum Gasteiger partial charge on any atom is 0.257 e. The molecule has 1 aromatic rings. The first-order valence-corrected chi connectivity index (χ1v) is 8.21. The number of rotatable bonds is 5. The first-order chi connectivity index (χ1) is 10.5. The molecule has 0 unspecified atom stereocenters. The fourth-order valence-electron chi connectivity index (χ4n) is 3.03. The van der Waals surface area contributed by atoms with Crippen molar-refractivity contribution < 1.29 is 9.90 Å². The van der Waals surface area contributed by atoms with E-state index in [0.717, 1.165) is 43.0 Å². The lowest BCUT2D eigenvalue weighted by Crippen LogP contribution is -2.50. The zero-order chi connectivity index (χ0) is 16.3. The number of nitrogens with zero attached hydrogens (tertiary/aromatic N) is 4. The third kappa shape index (κ3) is 3.50. The van der Waals surface area contributed by atoms with Crippen LogP contribution >= 0.6 is 0 Å². The average molecular weight is 308 g/mol. The van der Waals surface area contributed by atoms with Gasteiger partial charge in [0.2, 0.25) is 0 Å². The summed E-state index contributed by atoms with van der Waals surface area (Å²) in [6.45, 7) is 12.4. The molecule has 2 rings (SSSR count). The number of piperazine rings is 1. The van der Waals surface area contributed by atoms with E-state index >= 15 is 0 Å². The van der Waals surface area contributed by atoms with Gasteiger partial charge in [-0.2, -0.15) is 5.10 Å². The number of hydrogen-bond acceptors (Lipinski definition) is 4. The van der Waals surface area contributed by atoms with Gasteiger partial charge in [0, 0.05) is 45.0 Å². The second kappa shape index (κ2) is 7.24. The van der Waals surface area contributed by atoms with Gasteiger partial charge in [0.1, 0.15) is 0 Å². The van der Waals surface area contributed by atoms with E-state index in [2.05, 4.69) is 10.00 Å². The topological polar surface area (TPSA) is 61.6 Å². The number of carbonyl (C=O) groups is 1. The van der Waals surface area contributed by atoms with Gasteiger partial charge in [-0.25, -0.2) is 0 Å². The molecular weight excluding hydrogens is 280 g/mol. The van der Waals surface area contributed by atoms with Gasteiger partial charge in [-0.1, -0.05) is 6.92 Å². The van der Waals surface area contributed by atoms with Crippen molar-refractivity contribution in [2.75, 3.05) is 32.7 Å². The van der Waals surface area contributed by atoms with Gasteiger partial charge in [-0.3, -0.25) is 14.4 Å². The van der Waals surface area contributed by atoms with Gasteiger partial charge >= 0.3 is 0 Å². The van der Waals surface area contributed by atoms with E-state index in [4.69, 9.17) is 0 Å². The minimum atomic E-state index is -0.269. The lowest BCUT2D eigenvalue weighted by Gasteiger charge is -2.35. The van der Waals surface area contributed by atoms with E-state index in [1.54, 1.807) is 0 Å². The molecule has 22 heavy (non-hydrogen) atoms. The molecule has 0 aliphatic carbocycles. The van der Waals surface area contributed by atoms with E-state index in [9.17, 15) is 9.90 Å². The molecule has 6 nitrogen and oxygen atoms in total. The summed E-state index contributed by atoms with van der Waals surface area (Å²) in [5.41, 5.74) is 2.52. The third-order valence-corrected chi connectivity index (χ3v) is 4.49. The Hall–Kier alpha value is -1.40.